The number of anilines is 2. The van der Waals surface area contributed by atoms with Gasteiger partial charge < -0.3 is 14.4 Å². The van der Waals surface area contributed by atoms with Crippen molar-refractivity contribution < 1.29 is 9.47 Å². The van der Waals surface area contributed by atoms with Crippen molar-refractivity contribution in [2.24, 2.45) is 16.3 Å². The van der Waals surface area contributed by atoms with Gasteiger partial charge in [0, 0.05) is 43.2 Å². The highest BCUT2D eigenvalue weighted by Crippen LogP contribution is 2.38. The van der Waals surface area contributed by atoms with E-state index in [2.05, 4.69) is 32.4 Å². The number of benzene rings is 2. The van der Waals surface area contributed by atoms with Crippen LogP contribution in [0.5, 0.6) is 11.5 Å². The van der Waals surface area contributed by atoms with Crippen molar-refractivity contribution in [1.29, 1.82) is 0 Å². The minimum atomic E-state index is 0.0331. The molecule has 0 bridgehead atoms. The van der Waals surface area contributed by atoms with Crippen LogP contribution in [0.25, 0.3) is 11.0 Å². The third kappa shape index (κ3) is 3.97. The van der Waals surface area contributed by atoms with Gasteiger partial charge in [0.05, 0.1) is 43.7 Å². The van der Waals surface area contributed by atoms with Crippen molar-refractivity contribution in [3.8, 4) is 11.5 Å². The molecule has 0 N–H and O–H groups in total. The Balaban J connectivity index is 1.55. The molecule has 1 fully saturated rings. The van der Waals surface area contributed by atoms with Crippen LogP contribution in [0.2, 0.25) is 0 Å². The van der Waals surface area contributed by atoms with Gasteiger partial charge in [0.25, 0.3) is 0 Å². The van der Waals surface area contributed by atoms with Gasteiger partial charge in [-0.2, -0.15) is 5.11 Å². The summed E-state index contributed by atoms with van der Waals surface area (Å²) in [5.74, 6) is 2.24. The molecule has 0 saturated heterocycles. The van der Waals surface area contributed by atoms with E-state index in [1.54, 1.807) is 14.2 Å². The maximum absolute atomic E-state index is 5.51. The van der Waals surface area contributed by atoms with Crippen LogP contribution in [0, 0.1) is 5.92 Å². The predicted octanol–water partition coefficient (Wildman–Crippen LogP) is 4.55. The zero-order chi connectivity index (χ0) is 21.4. The van der Waals surface area contributed by atoms with Gasteiger partial charge in [0.2, 0.25) is 0 Å². The summed E-state index contributed by atoms with van der Waals surface area (Å²) in [6, 6.07) is 12.3. The Labute approximate surface area is 181 Å². The van der Waals surface area contributed by atoms with E-state index in [1.807, 2.05) is 42.5 Å². The minimum absolute atomic E-state index is 0.0331. The summed E-state index contributed by atoms with van der Waals surface area (Å²) in [6.45, 7) is 1.55. The fraction of sp³-hybridized carbons (Fsp3) is 0.391. The van der Waals surface area contributed by atoms with Crippen LogP contribution >= 0.6 is 0 Å². The molecule has 1 aromatic heterocycles. The minimum Gasteiger partial charge on any atom is -0.497 e. The van der Waals surface area contributed by atoms with Gasteiger partial charge in [0.1, 0.15) is 17.5 Å². The summed E-state index contributed by atoms with van der Waals surface area (Å²) in [7, 11) is 5.27. The normalized spacial score (nSPS) is 17.9. The van der Waals surface area contributed by atoms with E-state index in [0.29, 0.717) is 12.5 Å². The number of rotatable bonds is 7. The number of hydrogen-bond donors (Lipinski definition) is 0. The maximum Gasteiger partial charge on any atom is 0.124 e. The van der Waals surface area contributed by atoms with Crippen molar-refractivity contribution in [1.82, 2.24) is 15.0 Å². The van der Waals surface area contributed by atoms with E-state index in [4.69, 9.17) is 14.5 Å². The summed E-state index contributed by atoms with van der Waals surface area (Å²) in [5, 5.41) is 10.0. The fourth-order valence-electron chi connectivity index (χ4n) is 3.89. The van der Waals surface area contributed by atoms with Crippen molar-refractivity contribution >= 4 is 22.4 Å². The summed E-state index contributed by atoms with van der Waals surface area (Å²) in [5.41, 5.74) is 4.74. The molecular weight excluding hydrogens is 392 g/mol. The van der Waals surface area contributed by atoms with Gasteiger partial charge >= 0.3 is 0 Å². The van der Waals surface area contributed by atoms with Crippen LogP contribution in [-0.4, -0.2) is 49.3 Å². The van der Waals surface area contributed by atoms with Gasteiger partial charge in [0.15, 0.2) is 0 Å². The zero-order valence-electron chi connectivity index (χ0n) is 18.0. The van der Waals surface area contributed by atoms with Crippen LogP contribution in [0.1, 0.15) is 24.6 Å². The molecule has 1 atom stereocenters. The number of ether oxygens (including phenoxy) is 2. The maximum atomic E-state index is 5.51. The van der Waals surface area contributed by atoms with Gasteiger partial charge in [-0.1, -0.05) is 5.22 Å². The van der Waals surface area contributed by atoms with E-state index in [-0.39, 0.29) is 6.04 Å². The van der Waals surface area contributed by atoms with Crippen molar-refractivity contribution in [3.05, 3.63) is 48.3 Å². The first-order valence-electron chi connectivity index (χ1n) is 10.5. The SMILES string of the molecule is COc1cc(OC)cc(N(CC2CC2)c2ccc3ncc(C4CN=NN4C)nc3c2)c1. The van der Waals surface area contributed by atoms with Crippen LogP contribution in [-0.2, 0) is 0 Å². The quantitative estimate of drug-likeness (QED) is 0.560. The first-order valence-corrected chi connectivity index (χ1v) is 10.5. The monoisotopic (exact) mass is 418 g/mol. The van der Waals surface area contributed by atoms with E-state index < -0.39 is 0 Å². The standard InChI is InChI=1S/C23H26N6O2/c1-28-23(13-25-27-28)22-12-24-20-7-6-16(10-21(20)26-22)29(14-15-4-5-15)17-8-18(30-2)11-19(9-17)31-3/h6-12,15,23H,4-5,13-14H2,1-3H3. The molecule has 2 heterocycles. The number of aromatic nitrogens is 2. The van der Waals surface area contributed by atoms with E-state index in [9.17, 15) is 0 Å². The third-order valence-corrected chi connectivity index (χ3v) is 5.89. The molecular formula is C23H26N6O2. The Hall–Kier alpha value is -3.42. The van der Waals surface area contributed by atoms with Gasteiger partial charge in [-0.3, -0.25) is 9.99 Å². The van der Waals surface area contributed by atoms with E-state index in [1.165, 1.54) is 12.8 Å². The van der Waals surface area contributed by atoms with Crippen LogP contribution in [0.4, 0.5) is 11.4 Å². The van der Waals surface area contributed by atoms with Crippen molar-refractivity contribution in [2.45, 2.75) is 18.9 Å². The molecule has 0 spiro atoms. The molecule has 8 nitrogen and oxygen atoms in total. The van der Waals surface area contributed by atoms with Crippen molar-refractivity contribution in [3.63, 3.8) is 0 Å². The first-order chi connectivity index (χ1) is 15.1. The number of methoxy groups -OCH3 is 2. The molecule has 1 saturated carbocycles. The largest absolute Gasteiger partial charge is 0.497 e. The summed E-state index contributed by atoms with van der Waals surface area (Å²) in [6.07, 6.45) is 4.35. The molecule has 0 amide bonds. The molecule has 1 aliphatic carbocycles. The average Bonchev–Trinajstić information content (AvgIpc) is 3.53. The smallest absolute Gasteiger partial charge is 0.124 e. The Kier molecular flexibility index (Phi) is 5.05. The van der Waals surface area contributed by atoms with Crippen LogP contribution in [0.15, 0.2) is 52.9 Å². The topological polar surface area (TPSA) is 75.4 Å². The molecule has 8 heteroatoms. The summed E-state index contributed by atoms with van der Waals surface area (Å²) < 4.78 is 11.0. The lowest BCUT2D eigenvalue weighted by atomic mass is 10.1. The lowest BCUT2D eigenvalue weighted by Gasteiger charge is -2.26. The zero-order valence-corrected chi connectivity index (χ0v) is 18.0. The number of fused-ring (bicyclic) bond motifs is 1. The molecule has 0 radical (unpaired) electrons. The molecule has 3 aromatic rings. The average molecular weight is 419 g/mol. The Bertz CT molecular complexity index is 1110. The van der Waals surface area contributed by atoms with Gasteiger partial charge in [-0.05, 0) is 37.0 Å². The third-order valence-electron chi connectivity index (χ3n) is 5.89. The Morgan fingerprint density at radius 2 is 1.77 bits per heavy atom. The number of hydrogen-bond acceptors (Lipinski definition) is 8. The van der Waals surface area contributed by atoms with Crippen LogP contribution < -0.4 is 14.4 Å². The summed E-state index contributed by atoms with van der Waals surface area (Å²) in [4.78, 5) is 11.9. The van der Waals surface area contributed by atoms with Crippen LogP contribution in [0.3, 0.4) is 0 Å². The Morgan fingerprint density at radius 3 is 2.42 bits per heavy atom. The second-order valence-corrected chi connectivity index (χ2v) is 8.10. The second kappa shape index (κ2) is 8.02. The molecule has 160 valence electrons. The molecule has 1 unspecified atom stereocenters. The van der Waals surface area contributed by atoms with E-state index >= 15 is 0 Å². The lowest BCUT2D eigenvalue weighted by Crippen LogP contribution is -2.20. The second-order valence-electron chi connectivity index (χ2n) is 8.10. The lowest BCUT2D eigenvalue weighted by molar-refractivity contribution is 0.294. The van der Waals surface area contributed by atoms with Gasteiger partial charge in [-0.15, -0.1) is 0 Å². The Morgan fingerprint density at radius 1 is 1.00 bits per heavy atom. The van der Waals surface area contributed by atoms with Gasteiger partial charge in [-0.25, -0.2) is 4.98 Å². The highest BCUT2D eigenvalue weighted by atomic mass is 16.5. The highest BCUT2D eigenvalue weighted by molar-refractivity contribution is 5.81. The highest BCUT2D eigenvalue weighted by Gasteiger charge is 2.27. The number of likely N-dealkylation sites (N-methyl/N-ethyl adjacent to an activating group) is 1. The van der Waals surface area contributed by atoms with E-state index in [0.717, 1.165) is 46.1 Å². The molecule has 1 aliphatic heterocycles. The molecule has 2 aromatic carbocycles. The molecule has 31 heavy (non-hydrogen) atoms. The fourth-order valence-corrected chi connectivity index (χ4v) is 3.89. The summed E-state index contributed by atoms with van der Waals surface area (Å²) >= 11 is 0. The first kappa shape index (κ1) is 19.5. The molecule has 2 aliphatic rings. The molecule has 5 rings (SSSR count). The number of nitrogens with zero attached hydrogens (tertiary/aromatic N) is 6. The van der Waals surface area contributed by atoms with Crippen molar-refractivity contribution in [2.75, 3.05) is 39.3 Å². The predicted molar refractivity (Wildman–Crippen MR) is 119 cm³/mol.